The maximum absolute atomic E-state index is 13.2. The fourth-order valence-corrected chi connectivity index (χ4v) is 6.10. The van der Waals surface area contributed by atoms with Crippen molar-refractivity contribution in [2.75, 3.05) is 45.9 Å². The number of benzene rings is 1. The molecule has 1 aromatic rings. The molecule has 1 saturated carbocycles. The SMILES string of the molecule is C[C@]1(C2CC2)NC(=O)N(CC(=O)N2CCN(S(=O)(=O)c3ccc4c(c3)OCCCO4)CC2)C1=O. The van der Waals surface area contributed by atoms with Gasteiger partial charge in [0.25, 0.3) is 5.91 Å². The van der Waals surface area contributed by atoms with Crippen LogP contribution >= 0.6 is 0 Å². The second kappa shape index (κ2) is 8.42. The highest BCUT2D eigenvalue weighted by atomic mass is 32.2. The van der Waals surface area contributed by atoms with Crippen molar-refractivity contribution >= 4 is 27.9 Å². The minimum Gasteiger partial charge on any atom is -0.490 e. The van der Waals surface area contributed by atoms with Gasteiger partial charge in [0.15, 0.2) is 11.5 Å². The fourth-order valence-electron chi connectivity index (χ4n) is 4.66. The molecule has 0 radical (unpaired) electrons. The summed E-state index contributed by atoms with van der Waals surface area (Å²) >= 11 is 0. The molecule has 3 heterocycles. The lowest BCUT2D eigenvalue weighted by Crippen LogP contribution is -2.53. The van der Waals surface area contributed by atoms with Crippen molar-refractivity contribution in [1.82, 2.24) is 19.4 Å². The molecule has 0 bridgehead atoms. The van der Waals surface area contributed by atoms with Crippen molar-refractivity contribution in [2.45, 2.75) is 36.6 Å². The van der Waals surface area contributed by atoms with Gasteiger partial charge in [0.05, 0.1) is 18.1 Å². The summed E-state index contributed by atoms with van der Waals surface area (Å²) in [5.74, 6) is 0.284. The molecule has 4 amide bonds. The summed E-state index contributed by atoms with van der Waals surface area (Å²) in [7, 11) is -3.78. The highest BCUT2D eigenvalue weighted by Crippen LogP contribution is 2.42. The smallest absolute Gasteiger partial charge is 0.325 e. The summed E-state index contributed by atoms with van der Waals surface area (Å²) < 4.78 is 38.8. The van der Waals surface area contributed by atoms with E-state index < -0.39 is 21.6 Å². The van der Waals surface area contributed by atoms with E-state index in [9.17, 15) is 22.8 Å². The minimum absolute atomic E-state index is 0.107. The Balaban J connectivity index is 1.21. The number of imide groups is 1. The van der Waals surface area contributed by atoms with Crippen LogP contribution in [0.1, 0.15) is 26.2 Å². The number of carbonyl (C=O) groups is 3. The topological polar surface area (TPSA) is 126 Å². The first-order valence-corrected chi connectivity index (χ1v) is 13.0. The molecule has 5 rings (SSSR count). The lowest BCUT2D eigenvalue weighted by atomic mass is 9.96. The first kappa shape index (κ1) is 22.9. The molecule has 4 aliphatic rings. The van der Waals surface area contributed by atoms with E-state index in [4.69, 9.17) is 9.47 Å². The van der Waals surface area contributed by atoms with E-state index in [-0.39, 0.29) is 55.4 Å². The van der Waals surface area contributed by atoms with Crippen molar-refractivity contribution in [3.8, 4) is 11.5 Å². The normalized spacial score (nSPS) is 25.8. The van der Waals surface area contributed by atoms with Crippen molar-refractivity contribution in [2.24, 2.45) is 5.92 Å². The van der Waals surface area contributed by atoms with Gasteiger partial charge in [0.1, 0.15) is 12.1 Å². The van der Waals surface area contributed by atoms with Crippen LogP contribution in [0.4, 0.5) is 4.79 Å². The molecule has 1 atom stereocenters. The zero-order valence-corrected chi connectivity index (χ0v) is 19.8. The van der Waals surface area contributed by atoms with Crippen LogP contribution in [0.2, 0.25) is 0 Å². The summed E-state index contributed by atoms with van der Waals surface area (Å²) in [4.78, 5) is 40.5. The van der Waals surface area contributed by atoms with E-state index in [1.807, 2.05) is 0 Å². The second-order valence-corrected chi connectivity index (χ2v) is 11.2. The predicted molar refractivity (Wildman–Crippen MR) is 119 cm³/mol. The maximum Gasteiger partial charge on any atom is 0.325 e. The Kier molecular flexibility index (Phi) is 5.67. The molecule has 3 fully saturated rings. The van der Waals surface area contributed by atoms with Gasteiger partial charge in [-0.1, -0.05) is 0 Å². The van der Waals surface area contributed by atoms with Crippen LogP contribution < -0.4 is 14.8 Å². The van der Waals surface area contributed by atoms with Gasteiger partial charge in [-0.3, -0.25) is 14.5 Å². The van der Waals surface area contributed by atoms with Crippen LogP contribution in [0.15, 0.2) is 23.1 Å². The number of urea groups is 1. The van der Waals surface area contributed by atoms with E-state index in [2.05, 4.69) is 5.32 Å². The summed E-state index contributed by atoms with van der Waals surface area (Å²) in [6, 6.07) is 4.01. The first-order valence-electron chi connectivity index (χ1n) is 11.5. The summed E-state index contributed by atoms with van der Waals surface area (Å²) in [6.45, 7) is 2.90. The Labute approximate surface area is 198 Å². The van der Waals surface area contributed by atoms with Crippen LogP contribution in [0.3, 0.4) is 0 Å². The number of nitrogens with one attached hydrogen (secondary N) is 1. The number of sulfonamides is 1. The molecule has 1 aliphatic carbocycles. The molecule has 0 spiro atoms. The van der Waals surface area contributed by atoms with E-state index in [0.29, 0.717) is 24.7 Å². The van der Waals surface area contributed by atoms with Gasteiger partial charge < -0.3 is 19.7 Å². The Morgan fingerprint density at radius 2 is 1.76 bits per heavy atom. The van der Waals surface area contributed by atoms with Gasteiger partial charge in [0.2, 0.25) is 15.9 Å². The molecule has 34 heavy (non-hydrogen) atoms. The van der Waals surface area contributed by atoms with Crippen molar-refractivity contribution in [3.05, 3.63) is 18.2 Å². The zero-order chi connectivity index (χ0) is 24.1. The average molecular weight is 493 g/mol. The summed E-state index contributed by atoms with van der Waals surface area (Å²) in [5.41, 5.74) is -0.938. The zero-order valence-electron chi connectivity index (χ0n) is 19.0. The Hall–Kier alpha value is -2.86. The molecular weight excluding hydrogens is 464 g/mol. The average Bonchev–Trinajstić information content (AvgIpc) is 3.66. The third kappa shape index (κ3) is 3.98. The number of amides is 4. The van der Waals surface area contributed by atoms with Crippen LogP contribution in [0.5, 0.6) is 11.5 Å². The van der Waals surface area contributed by atoms with Gasteiger partial charge in [0, 0.05) is 38.7 Å². The number of nitrogens with zero attached hydrogens (tertiary/aromatic N) is 3. The number of rotatable bonds is 5. The van der Waals surface area contributed by atoms with Gasteiger partial charge in [-0.25, -0.2) is 13.2 Å². The van der Waals surface area contributed by atoms with E-state index in [1.54, 1.807) is 13.0 Å². The van der Waals surface area contributed by atoms with E-state index >= 15 is 0 Å². The van der Waals surface area contributed by atoms with Crippen molar-refractivity contribution in [3.63, 3.8) is 0 Å². The molecule has 0 unspecified atom stereocenters. The number of hydrogen-bond donors (Lipinski definition) is 1. The molecule has 2 saturated heterocycles. The predicted octanol–water partition coefficient (Wildman–Crippen LogP) is 0.401. The maximum atomic E-state index is 13.2. The third-order valence-electron chi connectivity index (χ3n) is 6.94. The van der Waals surface area contributed by atoms with Crippen LogP contribution in [-0.2, 0) is 19.6 Å². The highest BCUT2D eigenvalue weighted by Gasteiger charge is 2.56. The first-order chi connectivity index (χ1) is 16.2. The van der Waals surface area contributed by atoms with Crippen LogP contribution in [0.25, 0.3) is 0 Å². The summed E-state index contributed by atoms with van der Waals surface area (Å²) in [6.07, 6.45) is 2.48. The Bertz CT molecular complexity index is 1130. The monoisotopic (exact) mass is 492 g/mol. The molecule has 184 valence electrons. The van der Waals surface area contributed by atoms with Crippen molar-refractivity contribution < 1.29 is 32.3 Å². The number of fused-ring (bicyclic) bond motifs is 1. The number of ether oxygens (including phenoxy) is 2. The number of hydrogen-bond acceptors (Lipinski definition) is 7. The number of carbonyl (C=O) groups excluding carboxylic acids is 3. The lowest BCUT2D eigenvalue weighted by molar-refractivity contribution is -0.139. The molecule has 12 heteroatoms. The van der Waals surface area contributed by atoms with E-state index in [0.717, 1.165) is 24.2 Å². The third-order valence-corrected chi connectivity index (χ3v) is 8.83. The molecule has 1 N–H and O–H groups in total. The van der Waals surface area contributed by atoms with Crippen molar-refractivity contribution in [1.29, 1.82) is 0 Å². The number of piperazine rings is 1. The molecule has 3 aliphatic heterocycles. The second-order valence-electron chi connectivity index (χ2n) is 9.24. The molecule has 1 aromatic carbocycles. The standard InChI is InChI=1S/C22H28N4O7S/c1-22(15-3-4-15)20(28)26(21(29)23-22)14-19(27)24-7-9-25(10-8-24)34(30,31)16-5-6-17-18(13-16)33-12-2-11-32-17/h5-6,13,15H,2-4,7-12,14H2,1H3,(H,23,29)/t22-/m1/s1. The van der Waals surface area contributed by atoms with Gasteiger partial charge in [-0.05, 0) is 37.8 Å². The molecule has 11 nitrogen and oxygen atoms in total. The van der Waals surface area contributed by atoms with Crippen LogP contribution in [0, 0.1) is 5.92 Å². The van der Waals surface area contributed by atoms with Crippen LogP contribution in [-0.4, -0.2) is 91.8 Å². The van der Waals surface area contributed by atoms with Gasteiger partial charge >= 0.3 is 6.03 Å². The van der Waals surface area contributed by atoms with Gasteiger partial charge in [-0.2, -0.15) is 4.31 Å². The molecular formula is C22H28N4O7S. The fraction of sp³-hybridized carbons (Fsp3) is 0.591. The minimum atomic E-state index is -3.78. The quantitative estimate of drug-likeness (QED) is 0.590. The summed E-state index contributed by atoms with van der Waals surface area (Å²) in [5, 5.41) is 2.73. The highest BCUT2D eigenvalue weighted by molar-refractivity contribution is 7.89. The van der Waals surface area contributed by atoms with E-state index in [1.165, 1.54) is 21.3 Å². The van der Waals surface area contributed by atoms with Gasteiger partial charge in [-0.15, -0.1) is 0 Å². The Morgan fingerprint density at radius 3 is 2.44 bits per heavy atom. The Morgan fingerprint density at radius 1 is 1.09 bits per heavy atom. The molecule has 0 aromatic heterocycles. The lowest BCUT2D eigenvalue weighted by Gasteiger charge is -2.34. The largest absolute Gasteiger partial charge is 0.490 e.